The van der Waals surface area contributed by atoms with Crippen LogP contribution >= 0.6 is 0 Å². The molecule has 94 valence electrons. The average Bonchev–Trinajstić information content (AvgIpc) is 2.38. The van der Waals surface area contributed by atoms with Crippen molar-refractivity contribution in [1.82, 2.24) is 4.98 Å². The molecule has 3 nitrogen and oxygen atoms in total. The van der Waals surface area contributed by atoms with E-state index in [-0.39, 0.29) is 0 Å². The fraction of sp³-hybridized carbons (Fsp3) is 0.0667. The zero-order chi connectivity index (χ0) is 13.4. The van der Waals surface area contributed by atoms with Crippen LogP contribution in [-0.4, -0.2) is 4.98 Å². The van der Waals surface area contributed by atoms with Crippen molar-refractivity contribution in [1.29, 1.82) is 0 Å². The minimum atomic E-state index is -0.624. The molecule has 0 amide bonds. The Balaban J connectivity index is 2.29. The average molecular weight is 255 g/mol. The van der Waals surface area contributed by atoms with Gasteiger partial charge in [0.05, 0.1) is 5.56 Å². The Morgan fingerprint density at radius 2 is 2.00 bits per heavy atom. The van der Waals surface area contributed by atoms with Gasteiger partial charge in [-0.25, -0.2) is 9.78 Å². The third kappa shape index (κ3) is 2.12. The number of halogens is 1. The zero-order valence-corrected chi connectivity index (χ0v) is 10.2. The topological polar surface area (TPSA) is 43.1 Å². The monoisotopic (exact) mass is 255 g/mol. The molecule has 2 aromatic heterocycles. The minimum Gasteiger partial charge on any atom is -0.422 e. The molecule has 0 bridgehead atoms. The van der Waals surface area contributed by atoms with Gasteiger partial charge in [0, 0.05) is 17.6 Å². The van der Waals surface area contributed by atoms with Gasteiger partial charge in [0.2, 0.25) is 5.95 Å². The molecule has 3 aromatic rings. The van der Waals surface area contributed by atoms with E-state index in [4.69, 9.17) is 4.42 Å². The van der Waals surface area contributed by atoms with Gasteiger partial charge in [-0.1, -0.05) is 11.6 Å². The normalized spacial score (nSPS) is 10.8. The molecule has 19 heavy (non-hydrogen) atoms. The van der Waals surface area contributed by atoms with Crippen molar-refractivity contribution < 1.29 is 8.81 Å². The maximum Gasteiger partial charge on any atom is 0.344 e. The molecule has 0 atom stereocenters. The van der Waals surface area contributed by atoms with Crippen LogP contribution in [0.1, 0.15) is 5.56 Å². The molecule has 0 aliphatic rings. The van der Waals surface area contributed by atoms with Crippen molar-refractivity contribution in [2.24, 2.45) is 0 Å². The van der Waals surface area contributed by atoms with Gasteiger partial charge in [0.15, 0.2) is 0 Å². The van der Waals surface area contributed by atoms with E-state index in [1.807, 2.05) is 19.1 Å². The molecule has 0 fully saturated rings. The summed E-state index contributed by atoms with van der Waals surface area (Å²) in [4.78, 5) is 15.4. The van der Waals surface area contributed by atoms with Crippen LogP contribution in [0.3, 0.4) is 0 Å². The first-order chi connectivity index (χ1) is 9.13. The standard InChI is InChI=1S/C15H10FNO2/c1-9-2-3-13-11(6-9)7-12(15(18)19-13)10-4-5-17-14(16)8-10/h2-8H,1H3. The summed E-state index contributed by atoms with van der Waals surface area (Å²) in [7, 11) is 0. The second-order valence-corrected chi connectivity index (χ2v) is 4.36. The Morgan fingerprint density at radius 1 is 1.16 bits per heavy atom. The molecule has 0 radical (unpaired) electrons. The minimum absolute atomic E-state index is 0.333. The highest BCUT2D eigenvalue weighted by molar-refractivity contribution is 5.82. The van der Waals surface area contributed by atoms with Gasteiger partial charge in [-0.05, 0) is 36.8 Å². The summed E-state index contributed by atoms with van der Waals surface area (Å²) in [5.41, 5.74) is 1.90. The first-order valence-corrected chi connectivity index (χ1v) is 5.80. The lowest BCUT2D eigenvalue weighted by Gasteiger charge is -2.03. The Hall–Kier alpha value is -2.49. The zero-order valence-electron chi connectivity index (χ0n) is 10.2. The first kappa shape index (κ1) is 11.6. The number of hydrogen-bond acceptors (Lipinski definition) is 3. The first-order valence-electron chi connectivity index (χ1n) is 5.80. The number of fused-ring (bicyclic) bond motifs is 1. The molecular formula is C15H10FNO2. The second kappa shape index (κ2) is 4.31. The smallest absolute Gasteiger partial charge is 0.344 e. The molecule has 4 heteroatoms. The van der Waals surface area contributed by atoms with E-state index in [0.29, 0.717) is 16.7 Å². The van der Waals surface area contributed by atoms with Crippen LogP contribution in [0.5, 0.6) is 0 Å². The van der Waals surface area contributed by atoms with E-state index in [0.717, 1.165) is 10.9 Å². The predicted octanol–water partition coefficient (Wildman–Crippen LogP) is 3.30. The van der Waals surface area contributed by atoms with Crippen LogP contribution in [-0.2, 0) is 0 Å². The third-order valence-electron chi connectivity index (χ3n) is 2.93. The quantitative estimate of drug-likeness (QED) is 0.495. The molecule has 0 saturated heterocycles. The lowest BCUT2D eigenvalue weighted by molar-refractivity contribution is 0.562. The number of benzene rings is 1. The van der Waals surface area contributed by atoms with Crippen molar-refractivity contribution in [2.45, 2.75) is 6.92 Å². The summed E-state index contributed by atoms with van der Waals surface area (Å²) in [6.07, 6.45) is 1.32. The summed E-state index contributed by atoms with van der Waals surface area (Å²) in [5.74, 6) is -0.624. The molecule has 0 aliphatic carbocycles. The predicted molar refractivity (Wildman–Crippen MR) is 70.4 cm³/mol. The van der Waals surface area contributed by atoms with Crippen LogP contribution in [0, 0.1) is 12.9 Å². The molecule has 3 rings (SSSR count). The molecule has 0 unspecified atom stereocenters. The summed E-state index contributed by atoms with van der Waals surface area (Å²) >= 11 is 0. The number of rotatable bonds is 1. The number of pyridine rings is 1. The lowest BCUT2D eigenvalue weighted by Crippen LogP contribution is -2.03. The van der Waals surface area contributed by atoms with Gasteiger partial charge in [-0.15, -0.1) is 0 Å². The van der Waals surface area contributed by atoms with Gasteiger partial charge in [-0.2, -0.15) is 4.39 Å². The van der Waals surface area contributed by atoms with Gasteiger partial charge >= 0.3 is 5.63 Å². The van der Waals surface area contributed by atoms with Gasteiger partial charge < -0.3 is 4.42 Å². The number of aromatic nitrogens is 1. The lowest BCUT2D eigenvalue weighted by atomic mass is 10.1. The van der Waals surface area contributed by atoms with Crippen molar-refractivity contribution in [3.63, 3.8) is 0 Å². The highest BCUT2D eigenvalue weighted by Crippen LogP contribution is 2.21. The van der Waals surface area contributed by atoms with Gasteiger partial charge in [0.25, 0.3) is 0 Å². The Kier molecular flexibility index (Phi) is 2.63. The second-order valence-electron chi connectivity index (χ2n) is 4.36. The van der Waals surface area contributed by atoms with Crippen LogP contribution in [0.25, 0.3) is 22.1 Å². The highest BCUT2D eigenvalue weighted by Gasteiger charge is 2.08. The van der Waals surface area contributed by atoms with Crippen LogP contribution in [0.15, 0.2) is 51.8 Å². The van der Waals surface area contributed by atoms with Crippen molar-refractivity contribution in [3.8, 4) is 11.1 Å². The van der Waals surface area contributed by atoms with E-state index in [9.17, 15) is 9.18 Å². The fourth-order valence-electron chi connectivity index (χ4n) is 2.01. The van der Waals surface area contributed by atoms with Gasteiger partial charge in [-0.3, -0.25) is 0 Å². The van der Waals surface area contributed by atoms with E-state index in [2.05, 4.69) is 4.98 Å². The summed E-state index contributed by atoms with van der Waals surface area (Å²) in [5, 5.41) is 0.812. The van der Waals surface area contributed by atoms with E-state index in [1.165, 1.54) is 12.3 Å². The van der Waals surface area contributed by atoms with E-state index >= 15 is 0 Å². The number of hydrogen-bond donors (Lipinski definition) is 0. The SMILES string of the molecule is Cc1ccc2oc(=O)c(-c3ccnc(F)c3)cc2c1. The fourth-order valence-corrected chi connectivity index (χ4v) is 2.01. The maximum absolute atomic E-state index is 13.1. The molecule has 1 aromatic carbocycles. The molecule has 0 spiro atoms. The van der Waals surface area contributed by atoms with Gasteiger partial charge in [0.1, 0.15) is 5.58 Å². The summed E-state index contributed by atoms with van der Waals surface area (Å²) in [6, 6.07) is 10.0. The maximum atomic E-state index is 13.1. The summed E-state index contributed by atoms with van der Waals surface area (Å²) in [6.45, 7) is 1.95. The van der Waals surface area contributed by atoms with Crippen molar-refractivity contribution in [3.05, 3.63) is 64.5 Å². The molecule has 0 aliphatic heterocycles. The molecule has 0 saturated carbocycles. The number of nitrogens with zero attached hydrogens (tertiary/aromatic N) is 1. The van der Waals surface area contributed by atoms with Crippen LogP contribution in [0.2, 0.25) is 0 Å². The van der Waals surface area contributed by atoms with E-state index in [1.54, 1.807) is 18.2 Å². The van der Waals surface area contributed by atoms with Crippen LogP contribution in [0.4, 0.5) is 4.39 Å². The third-order valence-corrected chi connectivity index (χ3v) is 2.93. The highest BCUT2D eigenvalue weighted by atomic mass is 19.1. The molecule has 2 heterocycles. The molecular weight excluding hydrogens is 245 g/mol. The Bertz CT molecular complexity index is 824. The van der Waals surface area contributed by atoms with Crippen molar-refractivity contribution in [2.75, 3.05) is 0 Å². The van der Waals surface area contributed by atoms with E-state index < -0.39 is 11.6 Å². The summed E-state index contributed by atoms with van der Waals surface area (Å²) < 4.78 is 18.4. The van der Waals surface area contributed by atoms with Crippen molar-refractivity contribution >= 4 is 11.0 Å². The Morgan fingerprint density at radius 3 is 2.79 bits per heavy atom. The Labute approximate surface area is 108 Å². The van der Waals surface area contributed by atoms with Crippen LogP contribution < -0.4 is 5.63 Å². The largest absolute Gasteiger partial charge is 0.422 e. The molecule has 0 N–H and O–H groups in total. The number of aryl methyl sites for hydroxylation is 1.